The quantitative estimate of drug-likeness (QED) is 0.778. The van der Waals surface area contributed by atoms with Gasteiger partial charge in [0.15, 0.2) is 0 Å². The number of carbonyl (C=O) groups excluding carboxylic acids is 2. The fourth-order valence-electron chi connectivity index (χ4n) is 2.23. The molecule has 0 aromatic heterocycles. The zero-order valence-electron chi connectivity index (χ0n) is 11.0. The van der Waals surface area contributed by atoms with Crippen LogP contribution in [0.3, 0.4) is 0 Å². The first kappa shape index (κ1) is 14.3. The Balaban J connectivity index is 1.84. The third-order valence-corrected chi connectivity index (χ3v) is 3.37. The first-order valence-electron chi connectivity index (χ1n) is 6.54. The van der Waals surface area contributed by atoms with Crippen LogP contribution in [0.1, 0.15) is 12.8 Å². The maximum atomic E-state index is 12.8. The Morgan fingerprint density at radius 2 is 1.65 bits per heavy atom. The van der Waals surface area contributed by atoms with Crippen LogP contribution < -0.4 is 10.0 Å². The van der Waals surface area contributed by atoms with E-state index in [0.29, 0.717) is 26.2 Å². The maximum Gasteiger partial charge on any atom is 0.223 e. The van der Waals surface area contributed by atoms with Gasteiger partial charge in [0.1, 0.15) is 5.82 Å². The van der Waals surface area contributed by atoms with Gasteiger partial charge in [0.25, 0.3) is 0 Å². The molecule has 108 valence electrons. The van der Waals surface area contributed by atoms with E-state index in [0.717, 1.165) is 5.69 Å². The number of hydrogen-bond donors (Lipinski definition) is 0. The van der Waals surface area contributed by atoms with Crippen LogP contribution >= 0.6 is 0 Å². The molecule has 1 aromatic carbocycles. The minimum absolute atomic E-state index is 0.0150. The van der Waals surface area contributed by atoms with Crippen molar-refractivity contribution in [1.29, 1.82) is 0 Å². The van der Waals surface area contributed by atoms with Gasteiger partial charge < -0.3 is 19.7 Å². The number of nitrogens with zero attached hydrogens (tertiary/aromatic N) is 2. The van der Waals surface area contributed by atoms with Crippen molar-refractivity contribution < 1.29 is 19.1 Å². The molecule has 2 rings (SSSR count). The van der Waals surface area contributed by atoms with Gasteiger partial charge >= 0.3 is 0 Å². The first-order chi connectivity index (χ1) is 9.56. The summed E-state index contributed by atoms with van der Waals surface area (Å²) < 4.78 is 12.8. The number of aliphatic carboxylic acids is 1. The molecule has 6 heteroatoms. The number of rotatable bonds is 4. The van der Waals surface area contributed by atoms with Gasteiger partial charge in [0.2, 0.25) is 5.91 Å². The standard InChI is InChI=1S/C14H17FN2O3/c15-11-1-3-12(4-2-11)16-7-9-17(10-8-16)13(18)5-6-14(19)20/h1-4H,5-10H2,(H,19,20)/p-1. The number of hydrogen-bond acceptors (Lipinski definition) is 4. The van der Waals surface area contributed by atoms with Crippen LogP contribution in [0.4, 0.5) is 10.1 Å². The number of carboxylic acid groups (broad SMARTS) is 1. The molecule has 5 nitrogen and oxygen atoms in total. The summed E-state index contributed by atoms with van der Waals surface area (Å²) in [6.07, 6.45) is -0.254. The van der Waals surface area contributed by atoms with Gasteiger partial charge in [-0.15, -0.1) is 0 Å². The summed E-state index contributed by atoms with van der Waals surface area (Å²) in [5.74, 6) is -1.64. The predicted molar refractivity (Wildman–Crippen MR) is 69.4 cm³/mol. The summed E-state index contributed by atoms with van der Waals surface area (Å²) in [5, 5.41) is 10.3. The number of piperazine rings is 1. The monoisotopic (exact) mass is 279 g/mol. The summed E-state index contributed by atoms with van der Waals surface area (Å²) in [6.45, 7) is 2.40. The first-order valence-corrected chi connectivity index (χ1v) is 6.54. The molecule has 1 saturated heterocycles. The number of anilines is 1. The van der Waals surface area contributed by atoms with Crippen molar-refractivity contribution in [3.63, 3.8) is 0 Å². The van der Waals surface area contributed by atoms with Gasteiger partial charge in [0, 0.05) is 44.3 Å². The molecular formula is C14H16FN2O3-. The van der Waals surface area contributed by atoms with E-state index in [1.54, 1.807) is 17.0 Å². The second-order valence-electron chi connectivity index (χ2n) is 4.72. The number of halogens is 1. The number of benzene rings is 1. The van der Waals surface area contributed by atoms with E-state index < -0.39 is 5.97 Å². The Hall–Kier alpha value is -2.11. The highest BCUT2D eigenvalue weighted by Crippen LogP contribution is 2.17. The van der Waals surface area contributed by atoms with Crippen molar-refractivity contribution in [3.8, 4) is 0 Å². The zero-order chi connectivity index (χ0) is 14.5. The van der Waals surface area contributed by atoms with Crippen molar-refractivity contribution in [2.75, 3.05) is 31.1 Å². The average Bonchev–Trinajstić information content (AvgIpc) is 2.46. The molecule has 0 atom stereocenters. The number of carbonyl (C=O) groups is 2. The molecular weight excluding hydrogens is 263 g/mol. The van der Waals surface area contributed by atoms with Crippen molar-refractivity contribution >= 4 is 17.6 Å². The number of carboxylic acids is 1. The van der Waals surface area contributed by atoms with E-state index in [4.69, 9.17) is 0 Å². The van der Waals surface area contributed by atoms with Crippen molar-refractivity contribution in [1.82, 2.24) is 4.90 Å². The minimum atomic E-state index is -1.21. The molecule has 0 saturated carbocycles. The molecule has 0 N–H and O–H groups in total. The van der Waals surface area contributed by atoms with Gasteiger partial charge in [-0.1, -0.05) is 0 Å². The van der Waals surface area contributed by atoms with Gasteiger partial charge in [-0.25, -0.2) is 4.39 Å². The summed E-state index contributed by atoms with van der Waals surface area (Å²) in [6, 6.07) is 6.24. The largest absolute Gasteiger partial charge is 0.550 e. The van der Waals surface area contributed by atoms with E-state index in [9.17, 15) is 19.1 Å². The SMILES string of the molecule is O=C([O-])CCC(=O)N1CCN(c2ccc(F)cc2)CC1. The van der Waals surface area contributed by atoms with E-state index in [-0.39, 0.29) is 24.6 Å². The highest BCUT2D eigenvalue weighted by molar-refractivity contribution is 5.80. The Morgan fingerprint density at radius 1 is 1.05 bits per heavy atom. The van der Waals surface area contributed by atoms with Gasteiger partial charge in [0.05, 0.1) is 0 Å². The molecule has 1 aliphatic rings. The van der Waals surface area contributed by atoms with Crippen molar-refractivity contribution in [2.45, 2.75) is 12.8 Å². The Morgan fingerprint density at radius 3 is 2.20 bits per heavy atom. The van der Waals surface area contributed by atoms with Crippen LogP contribution in [0.5, 0.6) is 0 Å². The van der Waals surface area contributed by atoms with E-state index in [1.807, 2.05) is 0 Å². The summed E-state index contributed by atoms with van der Waals surface area (Å²) >= 11 is 0. The van der Waals surface area contributed by atoms with Crippen LogP contribution in [0.25, 0.3) is 0 Å². The van der Waals surface area contributed by atoms with Crippen LogP contribution in [0, 0.1) is 5.82 Å². The van der Waals surface area contributed by atoms with E-state index >= 15 is 0 Å². The fraction of sp³-hybridized carbons (Fsp3) is 0.429. The lowest BCUT2D eigenvalue weighted by Crippen LogP contribution is -2.49. The lowest BCUT2D eigenvalue weighted by Gasteiger charge is -2.36. The Labute approximate surface area is 116 Å². The smallest absolute Gasteiger partial charge is 0.223 e. The molecule has 1 fully saturated rings. The molecule has 20 heavy (non-hydrogen) atoms. The molecule has 0 aliphatic carbocycles. The molecule has 0 bridgehead atoms. The lowest BCUT2D eigenvalue weighted by atomic mass is 10.2. The van der Waals surface area contributed by atoms with Crippen LogP contribution in [-0.4, -0.2) is 43.0 Å². The van der Waals surface area contributed by atoms with Crippen LogP contribution in [0.15, 0.2) is 24.3 Å². The normalized spacial score (nSPS) is 15.2. The molecule has 0 radical (unpaired) electrons. The Kier molecular flexibility index (Phi) is 4.55. The zero-order valence-corrected chi connectivity index (χ0v) is 11.0. The molecule has 1 heterocycles. The molecule has 1 aliphatic heterocycles. The molecule has 1 amide bonds. The molecule has 1 aromatic rings. The highest BCUT2D eigenvalue weighted by atomic mass is 19.1. The fourth-order valence-corrected chi connectivity index (χ4v) is 2.23. The third kappa shape index (κ3) is 3.69. The Bertz CT molecular complexity index is 482. The van der Waals surface area contributed by atoms with Gasteiger partial charge in [-0.2, -0.15) is 0 Å². The molecule has 0 unspecified atom stereocenters. The second kappa shape index (κ2) is 6.36. The van der Waals surface area contributed by atoms with Crippen molar-refractivity contribution in [3.05, 3.63) is 30.1 Å². The topological polar surface area (TPSA) is 63.7 Å². The average molecular weight is 279 g/mol. The second-order valence-corrected chi connectivity index (χ2v) is 4.72. The van der Waals surface area contributed by atoms with E-state index in [2.05, 4.69) is 4.90 Å². The predicted octanol–water partition coefficient (Wildman–Crippen LogP) is 0.00440. The minimum Gasteiger partial charge on any atom is -0.550 e. The van der Waals surface area contributed by atoms with E-state index in [1.165, 1.54) is 12.1 Å². The number of amides is 1. The van der Waals surface area contributed by atoms with Crippen LogP contribution in [0.2, 0.25) is 0 Å². The summed E-state index contributed by atoms with van der Waals surface area (Å²) in [7, 11) is 0. The summed E-state index contributed by atoms with van der Waals surface area (Å²) in [4.78, 5) is 25.8. The lowest BCUT2D eigenvalue weighted by molar-refractivity contribution is -0.305. The highest BCUT2D eigenvalue weighted by Gasteiger charge is 2.20. The maximum absolute atomic E-state index is 12.8. The molecule has 0 spiro atoms. The summed E-state index contributed by atoms with van der Waals surface area (Å²) in [5.41, 5.74) is 0.924. The van der Waals surface area contributed by atoms with Gasteiger partial charge in [-0.05, 0) is 30.7 Å². The van der Waals surface area contributed by atoms with Gasteiger partial charge in [-0.3, -0.25) is 4.79 Å². The van der Waals surface area contributed by atoms with Crippen LogP contribution in [-0.2, 0) is 9.59 Å². The third-order valence-electron chi connectivity index (χ3n) is 3.37. The van der Waals surface area contributed by atoms with Crippen molar-refractivity contribution in [2.24, 2.45) is 0 Å².